The molecule has 2 nitrogen and oxygen atoms in total. The predicted octanol–water partition coefficient (Wildman–Crippen LogP) is 18.9. The summed E-state index contributed by atoms with van der Waals surface area (Å²) in [5, 5.41) is 14.5. The molecule has 0 fully saturated rings. The van der Waals surface area contributed by atoms with Crippen molar-refractivity contribution in [1.82, 2.24) is 0 Å². The van der Waals surface area contributed by atoms with Crippen LogP contribution in [-0.4, -0.2) is 0 Å². The van der Waals surface area contributed by atoms with Crippen molar-refractivity contribution in [3.05, 3.63) is 267 Å². The maximum Gasteiger partial charge on any atom is 0.0468 e. The first-order chi connectivity index (χ1) is 33.7. The van der Waals surface area contributed by atoms with Crippen LogP contribution in [0.2, 0.25) is 0 Å². The van der Waals surface area contributed by atoms with Crippen LogP contribution in [0.4, 0.5) is 34.1 Å². The van der Waals surface area contributed by atoms with Gasteiger partial charge in [-0.3, -0.25) is 0 Å². The van der Waals surface area contributed by atoms with Crippen LogP contribution in [0.1, 0.15) is 0 Å². The second-order valence-corrected chi connectivity index (χ2v) is 17.7. The maximum atomic E-state index is 2.43. The summed E-state index contributed by atoms with van der Waals surface area (Å²) in [4.78, 5) is 4.85. The SMILES string of the molecule is c1ccc(-c2c3ccc(N(c4ccc5ccccc5c4)c4ccc5ccccc5c4)cc3c(-c3ccccc3)c3ccc(N(c4ccc5ccccc5c4)c4ccc5ccccc5c4)cc23)cc1. The van der Waals surface area contributed by atoms with E-state index in [2.05, 4.69) is 277 Å². The lowest BCUT2D eigenvalue weighted by atomic mass is 9.85. The molecule has 0 heterocycles. The first-order valence-electron chi connectivity index (χ1n) is 23.4. The lowest BCUT2D eigenvalue weighted by molar-refractivity contribution is 1.30. The summed E-state index contributed by atoms with van der Waals surface area (Å²) in [7, 11) is 0. The summed E-state index contributed by atoms with van der Waals surface area (Å²) in [6.45, 7) is 0. The molecule has 0 atom stereocenters. The van der Waals surface area contributed by atoms with Gasteiger partial charge in [0.15, 0.2) is 0 Å². The van der Waals surface area contributed by atoms with Gasteiger partial charge in [-0.25, -0.2) is 0 Å². The van der Waals surface area contributed by atoms with Crippen molar-refractivity contribution in [2.75, 3.05) is 9.80 Å². The average molecular weight is 865 g/mol. The molecule has 0 aromatic heterocycles. The molecule has 0 radical (unpaired) electrons. The average Bonchev–Trinajstić information content (AvgIpc) is 3.40. The zero-order chi connectivity index (χ0) is 45.0. The van der Waals surface area contributed by atoms with E-state index >= 15 is 0 Å². The number of hydrogen-bond donors (Lipinski definition) is 0. The molecule has 0 aliphatic heterocycles. The van der Waals surface area contributed by atoms with Crippen molar-refractivity contribution in [2.24, 2.45) is 0 Å². The van der Waals surface area contributed by atoms with Crippen LogP contribution in [-0.2, 0) is 0 Å². The van der Waals surface area contributed by atoms with E-state index in [-0.39, 0.29) is 0 Å². The van der Waals surface area contributed by atoms with Crippen LogP contribution < -0.4 is 9.80 Å². The van der Waals surface area contributed by atoms with Gasteiger partial charge < -0.3 is 9.80 Å². The van der Waals surface area contributed by atoms with Crippen LogP contribution in [0.3, 0.4) is 0 Å². The highest BCUT2D eigenvalue weighted by molar-refractivity contribution is 6.23. The zero-order valence-electron chi connectivity index (χ0n) is 37.3. The second-order valence-electron chi connectivity index (χ2n) is 17.7. The fourth-order valence-corrected chi connectivity index (χ4v) is 10.5. The quantitative estimate of drug-likeness (QED) is 0.140. The lowest BCUT2D eigenvalue weighted by Crippen LogP contribution is -2.10. The highest BCUT2D eigenvalue weighted by atomic mass is 15.1. The molecule has 0 spiro atoms. The lowest BCUT2D eigenvalue weighted by Gasteiger charge is -2.28. The van der Waals surface area contributed by atoms with E-state index in [0.29, 0.717) is 0 Å². The Morgan fingerprint density at radius 2 is 0.426 bits per heavy atom. The fraction of sp³-hybridized carbons (Fsp3) is 0. The third-order valence-corrected chi connectivity index (χ3v) is 13.7. The highest BCUT2D eigenvalue weighted by Crippen LogP contribution is 2.49. The second kappa shape index (κ2) is 16.5. The molecular formula is C66H44N2. The Morgan fingerprint density at radius 1 is 0.176 bits per heavy atom. The monoisotopic (exact) mass is 864 g/mol. The molecule has 318 valence electrons. The number of anilines is 6. The molecule has 13 aromatic carbocycles. The Kier molecular flexibility index (Phi) is 9.54. The van der Waals surface area contributed by atoms with Gasteiger partial charge in [0.05, 0.1) is 0 Å². The molecule has 68 heavy (non-hydrogen) atoms. The molecule has 0 amide bonds. The van der Waals surface area contributed by atoms with Crippen molar-refractivity contribution in [3.63, 3.8) is 0 Å². The Hall–Kier alpha value is -8.98. The van der Waals surface area contributed by atoms with Gasteiger partial charge in [-0.05, 0) is 160 Å². The van der Waals surface area contributed by atoms with Gasteiger partial charge in [0.25, 0.3) is 0 Å². The first kappa shape index (κ1) is 39.4. The van der Waals surface area contributed by atoms with Crippen LogP contribution in [0.5, 0.6) is 0 Å². The minimum absolute atomic E-state index is 1.09. The van der Waals surface area contributed by atoms with E-state index in [0.717, 1.165) is 34.1 Å². The van der Waals surface area contributed by atoms with E-state index in [1.54, 1.807) is 0 Å². The third-order valence-electron chi connectivity index (χ3n) is 13.7. The Balaban J connectivity index is 1.09. The zero-order valence-corrected chi connectivity index (χ0v) is 37.3. The Labute approximate surface area is 395 Å². The molecular weight excluding hydrogens is 821 g/mol. The topological polar surface area (TPSA) is 6.48 Å². The number of fused-ring (bicyclic) bond motifs is 6. The van der Waals surface area contributed by atoms with Crippen molar-refractivity contribution >= 4 is 98.8 Å². The molecule has 0 N–H and O–H groups in total. The van der Waals surface area contributed by atoms with E-state index in [9.17, 15) is 0 Å². The molecule has 0 bridgehead atoms. The molecule has 0 unspecified atom stereocenters. The number of nitrogens with zero attached hydrogens (tertiary/aromatic N) is 2. The van der Waals surface area contributed by atoms with Crippen LogP contribution in [0.25, 0.3) is 86.9 Å². The first-order valence-corrected chi connectivity index (χ1v) is 23.4. The summed E-state index contributed by atoms with van der Waals surface area (Å²) < 4.78 is 0. The van der Waals surface area contributed by atoms with Gasteiger partial charge in [-0.1, -0.05) is 194 Å². The van der Waals surface area contributed by atoms with E-state index in [1.165, 1.54) is 86.9 Å². The van der Waals surface area contributed by atoms with E-state index in [4.69, 9.17) is 0 Å². The van der Waals surface area contributed by atoms with Crippen molar-refractivity contribution in [2.45, 2.75) is 0 Å². The van der Waals surface area contributed by atoms with Crippen molar-refractivity contribution in [3.8, 4) is 22.3 Å². The van der Waals surface area contributed by atoms with Gasteiger partial charge in [-0.2, -0.15) is 0 Å². The predicted molar refractivity (Wildman–Crippen MR) is 292 cm³/mol. The summed E-state index contributed by atoms with van der Waals surface area (Å²) in [5.41, 5.74) is 11.4. The minimum Gasteiger partial charge on any atom is -0.310 e. The molecule has 2 heteroatoms. The molecule has 0 saturated carbocycles. The number of hydrogen-bond acceptors (Lipinski definition) is 2. The largest absolute Gasteiger partial charge is 0.310 e. The highest BCUT2D eigenvalue weighted by Gasteiger charge is 2.23. The third kappa shape index (κ3) is 6.90. The van der Waals surface area contributed by atoms with Gasteiger partial charge in [0.2, 0.25) is 0 Å². The normalized spacial score (nSPS) is 11.5. The van der Waals surface area contributed by atoms with Crippen molar-refractivity contribution in [1.29, 1.82) is 0 Å². The van der Waals surface area contributed by atoms with Gasteiger partial charge in [0.1, 0.15) is 0 Å². The molecule has 13 aromatic rings. The van der Waals surface area contributed by atoms with Crippen LogP contribution >= 0.6 is 0 Å². The molecule has 0 aliphatic rings. The standard InChI is InChI=1S/C66H44N2/c1-3-19-49(20-4-1)65-61-37-35-60(68(57-33-29-47-17-9-13-25-53(47)41-57)58-34-30-48-18-10-14-26-54(48)42-58)44-64(61)66(50-21-5-2-6-22-50)62-38-36-59(43-63(62)65)67(55-31-27-45-15-7-11-23-51(45)39-55)56-32-28-46-16-8-12-24-52(46)40-56/h1-44H. The van der Waals surface area contributed by atoms with Crippen LogP contribution in [0.15, 0.2) is 267 Å². The van der Waals surface area contributed by atoms with E-state index < -0.39 is 0 Å². The van der Waals surface area contributed by atoms with Crippen LogP contribution in [0, 0.1) is 0 Å². The smallest absolute Gasteiger partial charge is 0.0468 e. The van der Waals surface area contributed by atoms with Gasteiger partial charge >= 0.3 is 0 Å². The van der Waals surface area contributed by atoms with Gasteiger partial charge in [-0.15, -0.1) is 0 Å². The molecule has 0 saturated heterocycles. The van der Waals surface area contributed by atoms with E-state index in [1.807, 2.05) is 0 Å². The summed E-state index contributed by atoms with van der Waals surface area (Å²) in [6, 6.07) is 97.9. The summed E-state index contributed by atoms with van der Waals surface area (Å²) in [5.74, 6) is 0. The molecule has 13 rings (SSSR count). The number of rotatable bonds is 8. The number of benzene rings is 13. The fourth-order valence-electron chi connectivity index (χ4n) is 10.5. The Bertz CT molecular complexity index is 3620. The summed E-state index contributed by atoms with van der Waals surface area (Å²) >= 11 is 0. The Morgan fingerprint density at radius 3 is 0.735 bits per heavy atom. The summed E-state index contributed by atoms with van der Waals surface area (Å²) in [6.07, 6.45) is 0. The minimum atomic E-state index is 1.09. The van der Waals surface area contributed by atoms with Crippen molar-refractivity contribution < 1.29 is 0 Å². The molecule has 0 aliphatic carbocycles. The van der Waals surface area contributed by atoms with Gasteiger partial charge in [0, 0.05) is 34.1 Å². The maximum absolute atomic E-state index is 2.43.